The predicted molar refractivity (Wildman–Crippen MR) is 71.4 cm³/mol. The van der Waals surface area contributed by atoms with Gasteiger partial charge in [0.25, 0.3) is 0 Å². The molecule has 0 heteroatoms. The molecule has 0 radical (unpaired) electrons. The standard InChI is InChI=1S/C16H30/c1-6-13-12(2)8-9-14-15(3,4)10-7-11-16(13,14)5/h12-14H,6-11H2,1-5H3/t12-,13-,14-,16+/m0/s1. The van der Waals surface area contributed by atoms with Crippen molar-refractivity contribution in [3.63, 3.8) is 0 Å². The summed E-state index contributed by atoms with van der Waals surface area (Å²) in [5.74, 6) is 2.92. The molecule has 2 rings (SSSR count). The SMILES string of the molecule is CC[C@H]1[C@@H](C)CC[C@H]2C(C)(C)CCC[C@]12C. The third-order valence-corrected chi connectivity index (χ3v) is 6.16. The van der Waals surface area contributed by atoms with E-state index in [1.165, 1.54) is 38.5 Å². The normalized spacial score (nSPS) is 47.4. The van der Waals surface area contributed by atoms with Crippen molar-refractivity contribution in [1.82, 2.24) is 0 Å². The van der Waals surface area contributed by atoms with Crippen LogP contribution >= 0.6 is 0 Å². The minimum atomic E-state index is 0.598. The number of fused-ring (bicyclic) bond motifs is 1. The van der Waals surface area contributed by atoms with Crippen molar-refractivity contribution < 1.29 is 0 Å². The van der Waals surface area contributed by atoms with Gasteiger partial charge in [0.05, 0.1) is 0 Å². The molecule has 0 aromatic heterocycles. The van der Waals surface area contributed by atoms with E-state index < -0.39 is 0 Å². The molecule has 0 bridgehead atoms. The molecule has 2 fully saturated rings. The van der Waals surface area contributed by atoms with Gasteiger partial charge in [0.1, 0.15) is 0 Å². The molecule has 94 valence electrons. The quantitative estimate of drug-likeness (QED) is 0.566. The fraction of sp³-hybridized carbons (Fsp3) is 1.00. The lowest BCUT2D eigenvalue weighted by atomic mass is 9.46. The Kier molecular flexibility index (Phi) is 3.14. The Morgan fingerprint density at radius 2 is 1.75 bits per heavy atom. The van der Waals surface area contributed by atoms with Crippen LogP contribution in [0.4, 0.5) is 0 Å². The van der Waals surface area contributed by atoms with Crippen molar-refractivity contribution in [2.75, 3.05) is 0 Å². The summed E-state index contributed by atoms with van der Waals surface area (Å²) in [5.41, 5.74) is 1.24. The summed E-state index contributed by atoms with van der Waals surface area (Å²) < 4.78 is 0. The summed E-state index contributed by atoms with van der Waals surface area (Å²) in [4.78, 5) is 0. The van der Waals surface area contributed by atoms with Crippen LogP contribution in [0.2, 0.25) is 0 Å². The summed E-state index contributed by atoms with van der Waals surface area (Å²) in [6, 6.07) is 0. The molecule has 0 aliphatic heterocycles. The molecule has 2 aliphatic rings. The van der Waals surface area contributed by atoms with Gasteiger partial charge in [-0.1, -0.05) is 53.9 Å². The third kappa shape index (κ3) is 1.73. The van der Waals surface area contributed by atoms with Gasteiger partial charge in [0.15, 0.2) is 0 Å². The van der Waals surface area contributed by atoms with Crippen molar-refractivity contribution >= 4 is 0 Å². The van der Waals surface area contributed by atoms with Crippen LogP contribution in [-0.4, -0.2) is 0 Å². The highest BCUT2D eigenvalue weighted by atomic mass is 14.6. The van der Waals surface area contributed by atoms with Crippen molar-refractivity contribution in [2.45, 2.75) is 73.1 Å². The Labute approximate surface area is 102 Å². The maximum Gasteiger partial charge on any atom is -0.0262 e. The first-order valence-corrected chi connectivity index (χ1v) is 7.42. The lowest BCUT2D eigenvalue weighted by molar-refractivity contribution is -0.0943. The topological polar surface area (TPSA) is 0 Å². The van der Waals surface area contributed by atoms with Crippen LogP contribution in [0, 0.1) is 28.6 Å². The van der Waals surface area contributed by atoms with Crippen molar-refractivity contribution in [3.05, 3.63) is 0 Å². The average Bonchev–Trinajstić information content (AvgIpc) is 2.15. The first kappa shape index (κ1) is 12.5. The van der Waals surface area contributed by atoms with Crippen molar-refractivity contribution in [1.29, 1.82) is 0 Å². The maximum atomic E-state index is 2.61. The summed E-state index contributed by atoms with van der Waals surface area (Å²) >= 11 is 0. The molecule has 0 aromatic carbocycles. The third-order valence-electron chi connectivity index (χ3n) is 6.16. The number of hydrogen-bond acceptors (Lipinski definition) is 0. The zero-order chi connectivity index (χ0) is 12.0. The molecule has 16 heavy (non-hydrogen) atoms. The Hall–Kier alpha value is 0. The second-order valence-electron chi connectivity index (χ2n) is 7.47. The van der Waals surface area contributed by atoms with E-state index >= 15 is 0 Å². The second kappa shape index (κ2) is 4.03. The van der Waals surface area contributed by atoms with E-state index in [4.69, 9.17) is 0 Å². The van der Waals surface area contributed by atoms with E-state index in [1.807, 2.05) is 0 Å². The Morgan fingerprint density at radius 1 is 1.06 bits per heavy atom. The van der Waals surface area contributed by atoms with E-state index in [0.29, 0.717) is 10.8 Å². The van der Waals surface area contributed by atoms with E-state index in [1.54, 1.807) is 0 Å². The molecule has 0 nitrogen and oxygen atoms in total. The van der Waals surface area contributed by atoms with E-state index in [0.717, 1.165) is 17.8 Å². The summed E-state index contributed by atoms with van der Waals surface area (Å²) in [7, 11) is 0. The van der Waals surface area contributed by atoms with Crippen LogP contribution in [0.3, 0.4) is 0 Å². The van der Waals surface area contributed by atoms with E-state index in [2.05, 4.69) is 34.6 Å². The highest BCUT2D eigenvalue weighted by Crippen LogP contribution is 2.61. The Balaban J connectivity index is 2.31. The molecule has 0 saturated heterocycles. The van der Waals surface area contributed by atoms with E-state index in [-0.39, 0.29) is 0 Å². The molecule has 0 spiro atoms. The van der Waals surface area contributed by atoms with Gasteiger partial charge in [-0.05, 0) is 47.8 Å². The summed E-state index contributed by atoms with van der Waals surface area (Å²) in [5, 5.41) is 0. The van der Waals surface area contributed by atoms with Crippen LogP contribution in [0.25, 0.3) is 0 Å². The number of rotatable bonds is 1. The minimum Gasteiger partial charge on any atom is -0.0651 e. The summed E-state index contributed by atoms with van der Waals surface area (Å²) in [6.45, 7) is 12.6. The molecule has 4 atom stereocenters. The van der Waals surface area contributed by atoms with Crippen LogP contribution in [-0.2, 0) is 0 Å². The zero-order valence-electron chi connectivity index (χ0n) is 12.0. The largest absolute Gasteiger partial charge is 0.0651 e. The van der Waals surface area contributed by atoms with Gasteiger partial charge < -0.3 is 0 Å². The fourth-order valence-corrected chi connectivity index (χ4v) is 5.48. The Bertz CT molecular complexity index is 253. The van der Waals surface area contributed by atoms with Crippen molar-refractivity contribution in [3.8, 4) is 0 Å². The van der Waals surface area contributed by atoms with Gasteiger partial charge >= 0.3 is 0 Å². The zero-order valence-corrected chi connectivity index (χ0v) is 12.0. The highest BCUT2D eigenvalue weighted by Gasteiger charge is 2.52. The molecular formula is C16H30. The van der Waals surface area contributed by atoms with Gasteiger partial charge in [-0.15, -0.1) is 0 Å². The van der Waals surface area contributed by atoms with Crippen LogP contribution in [0.15, 0.2) is 0 Å². The van der Waals surface area contributed by atoms with Gasteiger partial charge in [0, 0.05) is 0 Å². The van der Waals surface area contributed by atoms with Crippen molar-refractivity contribution in [2.24, 2.45) is 28.6 Å². The monoisotopic (exact) mass is 222 g/mol. The molecule has 0 N–H and O–H groups in total. The summed E-state index contributed by atoms with van der Waals surface area (Å²) in [6.07, 6.45) is 8.76. The molecule has 0 unspecified atom stereocenters. The lowest BCUT2D eigenvalue weighted by Crippen LogP contribution is -2.50. The highest BCUT2D eigenvalue weighted by molar-refractivity contribution is 5.02. The molecule has 0 amide bonds. The first-order valence-electron chi connectivity index (χ1n) is 7.42. The molecule has 2 aliphatic carbocycles. The maximum absolute atomic E-state index is 2.61. The van der Waals surface area contributed by atoms with Gasteiger partial charge in [-0.25, -0.2) is 0 Å². The number of hydrogen-bond donors (Lipinski definition) is 0. The van der Waals surface area contributed by atoms with Crippen LogP contribution in [0.1, 0.15) is 73.1 Å². The lowest BCUT2D eigenvalue weighted by Gasteiger charge is -2.59. The molecule has 0 heterocycles. The molecule has 0 aromatic rings. The van der Waals surface area contributed by atoms with Crippen LogP contribution in [0.5, 0.6) is 0 Å². The van der Waals surface area contributed by atoms with Crippen LogP contribution < -0.4 is 0 Å². The smallest absolute Gasteiger partial charge is 0.0262 e. The predicted octanol–water partition coefficient (Wildman–Crippen LogP) is 5.28. The molecule has 2 saturated carbocycles. The second-order valence-corrected chi connectivity index (χ2v) is 7.47. The van der Waals surface area contributed by atoms with E-state index in [9.17, 15) is 0 Å². The first-order chi connectivity index (χ1) is 7.42. The van der Waals surface area contributed by atoms with Gasteiger partial charge in [-0.3, -0.25) is 0 Å². The minimum absolute atomic E-state index is 0.598. The average molecular weight is 222 g/mol. The fourth-order valence-electron chi connectivity index (χ4n) is 5.48. The van der Waals surface area contributed by atoms with Gasteiger partial charge in [0.2, 0.25) is 0 Å². The molecular weight excluding hydrogens is 192 g/mol. The Morgan fingerprint density at radius 3 is 2.38 bits per heavy atom. The van der Waals surface area contributed by atoms with Gasteiger partial charge in [-0.2, -0.15) is 0 Å².